The van der Waals surface area contributed by atoms with Crippen LogP contribution in [0, 0.1) is 10.1 Å². The Kier molecular flexibility index (Phi) is 2.61. The lowest BCUT2D eigenvalue weighted by Crippen LogP contribution is -2.01. The summed E-state index contributed by atoms with van der Waals surface area (Å²) in [5.74, 6) is -0.0245. The molecule has 10 nitrogen and oxygen atoms in total. The van der Waals surface area contributed by atoms with Gasteiger partial charge in [0.1, 0.15) is 0 Å². The van der Waals surface area contributed by atoms with Gasteiger partial charge in [-0.15, -0.1) is 10.1 Å². The zero-order chi connectivity index (χ0) is 9.68. The minimum atomic E-state index is -0.963. The second-order valence-electron chi connectivity index (χ2n) is 1.77. The van der Waals surface area contributed by atoms with Crippen molar-refractivity contribution in [2.75, 3.05) is 0 Å². The molecule has 1 aromatic heterocycles. The molecule has 1 aromatic rings. The Morgan fingerprint density at radius 2 is 2.62 bits per heavy atom. The van der Waals surface area contributed by atoms with Gasteiger partial charge < -0.3 is 4.84 Å². The average molecular weight is 185 g/mol. The molecule has 1 heterocycles. The topological polar surface area (TPSA) is 143 Å². The van der Waals surface area contributed by atoms with E-state index in [1.807, 2.05) is 0 Å². The SMILES string of the molecule is [N-]=[N+]=Nc1n[nH]c(CO[N+](=O)[O-])n1. The Labute approximate surface area is 70.3 Å². The fraction of sp³-hybridized carbons (Fsp3) is 0.333. The first-order valence-corrected chi connectivity index (χ1v) is 2.96. The van der Waals surface area contributed by atoms with Crippen LogP contribution >= 0.6 is 0 Å². The lowest BCUT2D eigenvalue weighted by atomic mass is 10.7. The fourth-order valence-electron chi connectivity index (χ4n) is 0.548. The molecule has 0 atom stereocenters. The van der Waals surface area contributed by atoms with Gasteiger partial charge in [0.25, 0.3) is 5.09 Å². The number of azide groups is 1. The number of H-pyrrole nitrogens is 1. The zero-order valence-corrected chi connectivity index (χ0v) is 6.12. The monoisotopic (exact) mass is 185 g/mol. The molecule has 13 heavy (non-hydrogen) atoms. The summed E-state index contributed by atoms with van der Waals surface area (Å²) in [6, 6.07) is 0. The largest absolute Gasteiger partial charge is 0.306 e. The standard InChI is InChI=1S/C3H3N7O3/c4-9-8-3-5-2(6-7-3)1-13-10(11)12/h1H2,(H,5,6,7). The molecule has 0 amide bonds. The smallest absolute Gasteiger partial charge is 0.294 e. The molecule has 0 unspecified atom stereocenters. The third-order valence-corrected chi connectivity index (χ3v) is 0.961. The molecule has 0 aromatic carbocycles. The van der Waals surface area contributed by atoms with Gasteiger partial charge in [0.05, 0.1) is 0 Å². The van der Waals surface area contributed by atoms with Crippen molar-refractivity contribution in [2.24, 2.45) is 5.11 Å². The van der Waals surface area contributed by atoms with Crippen molar-refractivity contribution in [1.82, 2.24) is 15.2 Å². The molecule has 68 valence electrons. The van der Waals surface area contributed by atoms with E-state index in [2.05, 4.69) is 30.0 Å². The number of hydrogen-bond donors (Lipinski definition) is 1. The Balaban J connectivity index is 2.58. The second-order valence-corrected chi connectivity index (χ2v) is 1.77. The highest BCUT2D eigenvalue weighted by molar-refractivity contribution is 5.11. The fourth-order valence-corrected chi connectivity index (χ4v) is 0.548. The van der Waals surface area contributed by atoms with Gasteiger partial charge in [0.2, 0.25) is 5.95 Å². The molecule has 0 radical (unpaired) electrons. The van der Waals surface area contributed by atoms with Crippen molar-refractivity contribution in [3.8, 4) is 0 Å². The summed E-state index contributed by atoms with van der Waals surface area (Å²) in [6.07, 6.45) is 0. The van der Waals surface area contributed by atoms with E-state index in [-0.39, 0.29) is 18.4 Å². The summed E-state index contributed by atoms with van der Waals surface area (Å²) in [7, 11) is 0. The van der Waals surface area contributed by atoms with Crippen LogP contribution in [0.15, 0.2) is 5.11 Å². The number of aromatic amines is 1. The van der Waals surface area contributed by atoms with Gasteiger partial charge in [0.15, 0.2) is 12.4 Å². The van der Waals surface area contributed by atoms with Crippen LogP contribution in [-0.4, -0.2) is 20.3 Å². The summed E-state index contributed by atoms with van der Waals surface area (Å²) in [4.78, 5) is 19.7. The molecule has 0 aliphatic rings. The van der Waals surface area contributed by atoms with Crippen molar-refractivity contribution in [3.05, 3.63) is 26.4 Å². The molecule has 0 aliphatic carbocycles. The van der Waals surface area contributed by atoms with Gasteiger partial charge in [-0.05, 0) is 10.6 Å². The predicted octanol–water partition coefficient (Wildman–Crippen LogP) is 0.455. The average Bonchev–Trinajstić information content (AvgIpc) is 2.50. The van der Waals surface area contributed by atoms with Crippen LogP contribution in [0.25, 0.3) is 10.4 Å². The van der Waals surface area contributed by atoms with Crippen LogP contribution < -0.4 is 0 Å². The molecule has 1 N–H and O–H groups in total. The number of nitrogens with zero attached hydrogens (tertiary/aromatic N) is 6. The molecular formula is C3H3N7O3. The van der Waals surface area contributed by atoms with Crippen LogP contribution in [0.1, 0.15) is 5.82 Å². The van der Waals surface area contributed by atoms with Gasteiger partial charge in [-0.25, -0.2) is 4.98 Å². The van der Waals surface area contributed by atoms with E-state index < -0.39 is 5.09 Å². The molecule has 0 bridgehead atoms. The molecule has 0 spiro atoms. The Bertz CT molecular complexity index is 352. The summed E-state index contributed by atoms with van der Waals surface area (Å²) < 4.78 is 0. The summed E-state index contributed by atoms with van der Waals surface area (Å²) in [5, 5.41) is 17.6. The first-order valence-electron chi connectivity index (χ1n) is 2.96. The number of hydrogen-bond acceptors (Lipinski definition) is 6. The van der Waals surface area contributed by atoms with Gasteiger partial charge in [-0.2, -0.15) is 5.10 Å². The Morgan fingerprint density at radius 1 is 1.85 bits per heavy atom. The maximum absolute atomic E-state index is 9.74. The molecule has 0 saturated heterocycles. The predicted molar refractivity (Wildman–Crippen MR) is 37.0 cm³/mol. The molecule has 10 heteroatoms. The summed E-state index contributed by atoms with van der Waals surface area (Å²) in [6.45, 7) is -0.360. The van der Waals surface area contributed by atoms with Crippen molar-refractivity contribution >= 4 is 5.95 Å². The molecule has 1 rings (SSSR count). The minimum absolute atomic E-state index is 0.110. The number of nitrogens with one attached hydrogen (secondary N) is 1. The maximum atomic E-state index is 9.74. The lowest BCUT2D eigenvalue weighted by Gasteiger charge is -1.90. The first kappa shape index (κ1) is 8.74. The normalized spacial score (nSPS) is 8.92. The first-order chi connectivity index (χ1) is 6.22. The summed E-state index contributed by atoms with van der Waals surface area (Å²) in [5.41, 5.74) is 7.97. The summed E-state index contributed by atoms with van der Waals surface area (Å²) >= 11 is 0. The van der Waals surface area contributed by atoms with Crippen LogP contribution in [0.4, 0.5) is 5.95 Å². The highest BCUT2D eigenvalue weighted by atomic mass is 16.9. The Hall–Kier alpha value is -2.35. The lowest BCUT2D eigenvalue weighted by molar-refractivity contribution is -0.763. The quantitative estimate of drug-likeness (QED) is 0.238. The van der Waals surface area contributed by atoms with Crippen molar-refractivity contribution in [3.63, 3.8) is 0 Å². The van der Waals surface area contributed by atoms with E-state index in [0.29, 0.717) is 0 Å². The zero-order valence-electron chi connectivity index (χ0n) is 6.12. The van der Waals surface area contributed by atoms with Gasteiger partial charge in [-0.1, -0.05) is 0 Å². The van der Waals surface area contributed by atoms with Crippen LogP contribution in [0.2, 0.25) is 0 Å². The van der Waals surface area contributed by atoms with Gasteiger partial charge in [-0.3, -0.25) is 5.10 Å². The minimum Gasteiger partial charge on any atom is -0.306 e. The highest BCUT2D eigenvalue weighted by Gasteiger charge is 2.02. The van der Waals surface area contributed by atoms with Gasteiger partial charge in [0, 0.05) is 4.91 Å². The second kappa shape index (κ2) is 3.88. The van der Waals surface area contributed by atoms with Crippen LogP contribution in [-0.2, 0) is 11.4 Å². The molecule has 0 aliphatic heterocycles. The maximum Gasteiger partial charge on any atom is 0.294 e. The van der Waals surface area contributed by atoms with Crippen molar-refractivity contribution in [1.29, 1.82) is 0 Å². The molecule has 0 saturated carbocycles. The van der Waals surface area contributed by atoms with E-state index >= 15 is 0 Å². The van der Waals surface area contributed by atoms with Crippen molar-refractivity contribution in [2.45, 2.75) is 6.61 Å². The third-order valence-electron chi connectivity index (χ3n) is 0.961. The van der Waals surface area contributed by atoms with Crippen LogP contribution in [0.5, 0.6) is 0 Å². The van der Waals surface area contributed by atoms with Gasteiger partial charge >= 0.3 is 0 Å². The highest BCUT2D eigenvalue weighted by Crippen LogP contribution is 2.03. The third kappa shape index (κ3) is 2.63. The van der Waals surface area contributed by atoms with E-state index in [1.165, 1.54) is 0 Å². The number of rotatable bonds is 4. The van der Waals surface area contributed by atoms with E-state index in [9.17, 15) is 10.1 Å². The van der Waals surface area contributed by atoms with E-state index in [0.717, 1.165) is 0 Å². The van der Waals surface area contributed by atoms with Crippen LogP contribution in [0.3, 0.4) is 0 Å². The Morgan fingerprint density at radius 3 is 3.23 bits per heavy atom. The number of aromatic nitrogens is 3. The van der Waals surface area contributed by atoms with Crippen molar-refractivity contribution < 1.29 is 9.92 Å². The molecule has 0 fully saturated rings. The molecular weight excluding hydrogens is 182 g/mol. The van der Waals surface area contributed by atoms with E-state index in [4.69, 9.17) is 5.53 Å². The van der Waals surface area contributed by atoms with E-state index in [1.54, 1.807) is 0 Å².